The van der Waals surface area contributed by atoms with Crippen LogP contribution >= 0.6 is 0 Å². The third-order valence-electron chi connectivity index (χ3n) is 5.56. The molecule has 0 unspecified atom stereocenters. The van der Waals surface area contributed by atoms with Crippen molar-refractivity contribution in [2.45, 2.75) is 25.7 Å². The zero-order valence-corrected chi connectivity index (χ0v) is 15.8. The molecule has 0 saturated carbocycles. The lowest BCUT2D eigenvalue weighted by molar-refractivity contribution is -0.157. The fraction of sp³-hybridized carbons (Fsp3) is 0.500. The van der Waals surface area contributed by atoms with Crippen LogP contribution in [0.1, 0.15) is 30.4 Å². The molecule has 1 fully saturated rings. The van der Waals surface area contributed by atoms with Crippen LogP contribution in [0.5, 0.6) is 5.75 Å². The Morgan fingerprint density at radius 3 is 2.71 bits per heavy atom. The van der Waals surface area contributed by atoms with Gasteiger partial charge in [0.05, 0.1) is 7.11 Å². The van der Waals surface area contributed by atoms with E-state index in [1.165, 1.54) is 4.90 Å². The quantitative estimate of drug-likeness (QED) is 0.738. The van der Waals surface area contributed by atoms with E-state index >= 15 is 0 Å². The third-order valence-corrected chi connectivity index (χ3v) is 5.56. The van der Waals surface area contributed by atoms with Crippen LogP contribution in [-0.4, -0.2) is 65.4 Å². The molecule has 2 atom stereocenters. The predicted molar refractivity (Wildman–Crippen MR) is 101 cm³/mol. The highest BCUT2D eigenvalue weighted by atomic mass is 16.5. The van der Waals surface area contributed by atoms with E-state index in [0.29, 0.717) is 19.4 Å². The second-order valence-electron chi connectivity index (χ2n) is 7.27. The van der Waals surface area contributed by atoms with Crippen molar-refractivity contribution in [2.75, 3.05) is 26.7 Å². The Hall–Kier alpha value is -2.90. The molecule has 0 radical (unpaired) electrons. The Morgan fingerprint density at radius 2 is 2.04 bits per heavy atom. The number of aliphatic carboxylic acids is 2. The van der Waals surface area contributed by atoms with E-state index < -0.39 is 17.8 Å². The molecule has 2 aliphatic heterocycles. The highest BCUT2D eigenvalue weighted by Crippen LogP contribution is 2.32. The molecule has 0 aromatic heterocycles. The molecule has 8 heteroatoms. The summed E-state index contributed by atoms with van der Waals surface area (Å²) in [4.78, 5) is 40.2. The number of carbonyl (C=O) groups is 3. The van der Waals surface area contributed by atoms with Crippen molar-refractivity contribution >= 4 is 23.6 Å². The van der Waals surface area contributed by atoms with Gasteiger partial charge in [-0.2, -0.15) is 0 Å². The Labute approximate surface area is 162 Å². The number of benzene rings is 1. The van der Waals surface area contributed by atoms with Gasteiger partial charge in [0.15, 0.2) is 0 Å². The van der Waals surface area contributed by atoms with Gasteiger partial charge >= 0.3 is 17.8 Å². The first-order valence-corrected chi connectivity index (χ1v) is 9.33. The summed E-state index contributed by atoms with van der Waals surface area (Å²) in [5.41, 5.74) is 3.03. The van der Waals surface area contributed by atoms with Crippen LogP contribution in [0.2, 0.25) is 0 Å². The molecule has 3 rings (SSSR count). The topological polar surface area (TPSA) is 117 Å². The van der Waals surface area contributed by atoms with Gasteiger partial charge in [0, 0.05) is 31.8 Å². The normalized spacial score (nSPS) is 21.5. The number of hydrogen-bond acceptors (Lipinski definition) is 5. The van der Waals surface area contributed by atoms with E-state index in [-0.39, 0.29) is 31.3 Å². The predicted octanol–water partition coefficient (Wildman–Crippen LogP) is 1.45. The molecular formula is C20H24N2O6. The number of carbonyl (C=O) groups excluding carboxylic acids is 1. The van der Waals surface area contributed by atoms with Crippen LogP contribution in [0.15, 0.2) is 23.2 Å². The summed E-state index contributed by atoms with van der Waals surface area (Å²) in [5.74, 6) is -2.80. The maximum Gasteiger partial charge on any atom is 0.394 e. The lowest BCUT2D eigenvalue weighted by Crippen LogP contribution is -2.47. The number of likely N-dealkylation sites (tertiary alicyclic amines) is 1. The number of methoxy groups -OCH3 is 1. The summed E-state index contributed by atoms with van der Waals surface area (Å²) in [6.45, 7) is 1.14. The van der Waals surface area contributed by atoms with Crippen LogP contribution < -0.4 is 4.74 Å². The number of carboxylic acid groups (broad SMARTS) is 2. The Balaban J connectivity index is 1.82. The molecule has 0 bridgehead atoms. The number of rotatable bonds is 5. The molecule has 1 aromatic rings. The van der Waals surface area contributed by atoms with E-state index in [9.17, 15) is 19.5 Å². The molecule has 150 valence electrons. The summed E-state index contributed by atoms with van der Waals surface area (Å²) in [6, 6.07) is 5.82. The van der Waals surface area contributed by atoms with E-state index in [1.807, 2.05) is 18.2 Å². The number of hydrogen-bond donors (Lipinski definition) is 2. The number of amides is 1. The fourth-order valence-corrected chi connectivity index (χ4v) is 4.13. The van der Waals surface area contributed by atoms with Gasteiger partial charge in [0.2, 0.25) is 0 Å². The molecule has 8 nitrogen and oxygen atoms in total. The highest BCUT2D eigenvalue weighted by molar-refractivity contribution is 6.31. The fourth-order valence-electron chi connectivity index (χ4n) is 4.13. The van der Waals surface area contributed by atoms with E-state index in [4.69, 9.17) is 9.84 Å². The molecule has 2 aliphatic rings. The van der Waals surface area contributed by atoms with E-state index in [2.05, 4.69) is 4.99 Å². The summed E-state index contributed by atoms with van der Waals surface area (Å²) >= 11 is 0. The first-order chi connectivity index (χ1) is 13.4. The third kappa shape index (κ3) is 4.32. The largest absolute Gasteiger partial charge is 0.497 e. The van der Waals surface area contributed by atoms with Gasteiger partial charge in [-0.3, -0.25) is 14.6 Å². The van der Waals surface area contributed by atoms with E-state index in [0.717, 1.165) is 29.0 Å². The minimum atomic E-state index is -1.48. The second kappa shape index (κ2) is 8.41. The maximum atomic E-state index is 11.9. The summed E-state index contributed by atoms with van der Waals surface area (Å²) < 4.78 is 5.28. The SMILES string of the molecule is COc1ccc2c(c1)CCN=C2C[C@H]1CN(C(=O)C(=O)O)CC[C@H]1CC(=O)O. The average molecular weight is 388 g/mol. The summed E-state index contributed by atoms with van der Waals surface area (Å²) in [5, 5.41) is 18.3. The number of fused-ring (bicyclic) bond motifs is 1. The molecule has 2 N–H and O–H groups in total. The van der Waals surface area contributed by atoms with Crippen molar-refractivity contribution in [3.63, 3.8) is 0 Å². The minimum absolute atomic E-state index is 0.00250. The Kier molecular flexibility index (Phi) is 5.96. The Bertz CT molecular complexity index is 819. The first kappa shape index (κ1) is 19.9. The number of piperidine rings is 1. The van der Waals surface area contributed by atoms with Crippen LogP contribution in [-0.2, 0) is 20.8 Å². The summed E-state index contributed by atoms with van der Waals surface area (Å²) in [6.07, 6.45) is 1.80. The molecule has 0 aliphatic carbocycles. The number of nitrogens with zero attached hydrogens (tertiary/aromatic N) is 2. The van der Waals surface area contributed by atoms with Crippen LogP contribution in [0.3, 0.4) is 0 Å². The number of ether oxygens (including phenoxy) is 1. The molecule has 0 spiro atoms. The zero-order valence-electron chi connectivity index (χ0n) is 15.8. The lowest BCUT2D eigenvalue weighted by Gasteiger charge is -2.38. The average Bonchev–Trinajstić information content (AvgIpc) is 2.68. The van der Waals surface area contributed by atoms with Crippen molar-refractivity contribution < 1.29 is 29.3 Å². The molecule has 1 amide bonds. The second-order valence-corrected chi connectivity index (χ2v) is 7.27. The maximum absolute atomic E-state index is 11.9. The first-order valence-electron chi connectivity index (χ1n) is 9.33. The van der Waals surface area contributed by atoms with Crippen molar-refractivity contribution in [2.24, 2.45) is 16.8 Å². The van der Waals surface area contributed by atoms with Crippen LogP contribution in [0.4, 0.5) is 0 Å². The van der Waals surface area contributed by atoms with Gasteiger partial charge in [0.25, 0.3) is 0 Å². The number of aliphatic imine (C=N–C) groups is 1. The van der Waals surface area contributed by atoms with Gasteiger partial charge < -0.3 is 19.8 Å². The number of carboxylic acids is 2. The van der Waals surface area contributed by atoms with Crippen molar-refractivity contribution in [1.29, 1.82) is 0 Å². The highest BCUT2D eigenvalue weighted by Gasteiger charge is 2.35. The lowest BCUT2D eigenvalue weighted by atomic mass is 9.78. The summed E-state index contributed by atoms with van der Waals surface area (Å²) in [7, 11) is 1.62. The van der Waals surface area contributed by atoms with Gasteiger partial charge in [-0.15, -0.1) is 0 Å². The smallest absolute Gasteiger partial charge is 0.394 e. The Morgan fingerprint density at radius 1 is 1.25 bits per heavy atom. The molecule has 1 saturated heterocycles. The van der Waals surface area contributed by atoms with Gasteiger partial charge in [0.1, 0.15) is 5.75 Å². The minimum Gasteiger partial charge on any atom is -0.497 e. The molecule has 2 heterocycles. The standard InChI is InChI=1S/C20H24N2O6/c1-28-15-2-3-16-13(8-15)4-6-21-17(16)9-14-11-22(19(25)20(26)27)7-5-12(14)10-18(23)24/h2-3,8,12,14H,4-7,9-11H2,1H3,(H,23,24)(H,26,27)/t12-,14-/m0/s1. The van der Waals surface area contributed by atoms with Gasteiger partial charge in [-0.05, 0) is 60.4 Å². The van der Waals surface area contributed by atoms with Crippen LogP contribution in [0.25, 0.3) is 0 Å². The monoisotopic (exact) mass is 388 g/mol. The van der Waals surface area contributed by atoms with Gasteiger partial charge in [-0.25, -0.2) is 4.79 Å². The van der Waals surface area contributed by atoms with Crippen molar-refractivity contribution in [3.8, 4) is 5.75 Å². The van der Waals surface area contributed by atoms with Crippen molar-refractivity contribution in [1.82, 2.24) is 4.90 Å². The van der Waals surface area contributed by atoms with E-state index in [1.54, 1.807) is 7.11 Å². The molecule has 1 aromatic carbocycles. The van der Waals surface area contributed by atoms with Crippen molar-refractivity contribution in [3.05, 3.63) is 29.3 Å². The van der Waals surface area contributed by atoms with Gasteiger partial charge in [-0.1, -0.05) is 0 Å². The molecular weight excluding hydrogens is 364 g/mol. The molecule has 28 heavy (non-hydrogen) atoms. The zero-order chi connectivity index (χ0) is 20.3. The van der Waals surface area contributed by atoms with Crippen LogP contribution in [0, 0.1) is 11.8 Å².